The van der Waals surface area contributed by atoms with Gasteiger partial charge in [0.1, 0.15) is 5.69 Å². The van der Waals surface area contributed by atoms with E-state index in [1.807, 2.05) is 0 Å². The summed E-state index contributed by atoms with van der Waals surface area (Å²) in [6.07, 6.45) is 1.34. The fraction of sp³-hybridized carbons (Fsp3) is 0.167. The van der Waals surface area contributed by atoms with Crippen LogP contribution in [0, 0.1) is 6.57 Å². The van der Waals surface area contributed by atoms with Crippen LogP contribution in [0.3, 0.4) is 0 Å². The lowest BCUT2D eigenvalue weighted by atomic mass is 10.3. The topological polar surface area (TPSA) is 50.1 Å². The first-order valence-corrected chi connectivity index (χ1v) is 2.67. The lowest BCUT2D eigenvalue weighted by Crippen LogP contribution is -1.91. The van der Waals surface area contributed by atoms with Crippen LogP contribution in [0.15, 0.2) is 6.20 Å². The van der Waals surface area contributed by atoms with Crippen LogP contribution in [0.5, 0.6) is 0 Å². The SMILES string of the molecule is [C-]#[N+]c1cn[nH]c1C(C)=O. The molecular formula is C6H5N3O. The smallest absolute Gasteiger partial charge is 0.234 e. The van der Waals surface area contributed by atoms with Gasteiger partial charge in [-0.1, -0.05) is 0 Å². The largest absolute Gasteiger partial charge is 0.294 e. The van der Waals surface area contributed by atoms with Crippen LogP contribution in [-0.2, 0) is 0 Å². The Kier molecular flexibility index (Phi) is 1.50. The minimum Gasteiger partial charge on any atom is -0.294 e. The molecule has 0 unspecified atom stereocenters. The third-order valence-electron chi connectivity index (χ3n) is 1.09. The number of ketones is 1. The van der Waals surface area contributed by atoms with Crippen molar-refractivity contribution in [1.82, 2.24) is 10.2 Å². The first-order valence-electron chi connectivity index (χ1n) is 2.67. The molecule has 0 spiro atoms. The Balaban J connectivity index is 3.17. The predicted molar refractivity (Wildman–Crippen MR) is 34.9 cm³/mol. The van der Waals surface area contributed by atoms with Crippen LogP contribution in [0.1, 0.15) is 17.4 Å². The van der Waals surface area contributed by atoms with Gasteiger partial charge in [-0.3, -0.25) is 9.89 Å². The molecule has 0 saturated heterocycles. The Bertz CT molecular complexity index is 294. The van der Waals surface area contributed by atoms with Gasteiger partial charge in [0.05, 0.1) is 12.8 Å². The first-order chi connectivity index (χ1) is 4.75. The summed E-state index contributed by atoms with van der Waals surface area (Å²) in [4.78, 5) is 13.8. The van der Waals surface area contributed by atoms with Crippen molar-refractivity contribution in [1.29, 1.82) is 0 Å². The van der Waals surface area contributed by atoms with Gasteiger partial charge in [-0.05, 0) is 6.92 Å². The Morgan fingerprint density at radius 1 is 1.90 bits per heavy atom. The molecule has 0 aliphatic carbocycles. The summed E-state index contributed by atoms with van der Waals surface area (Å²) in [5.41, 5.74) is 0.572. The molecule has 0 aliphatic rings. The summed E-state index contributed by atoms with van der Waals surface area (Å²) in [5.74, 6) is -0.163. The second-order valence-electron chi connectivity index (χ2n) is 1.80. The number of aromatic nitrogens is 2. The number of hydrogen-bond donors (Lipinski definition) is 1. The van der Waals surface area contributed by atoms with Gasteiger partial charge in [-0.2, -0.15) is 5.10 Å². The van der Waals surface area contributed by atoms with E-state index < -0.39 is 0 Å². The van der Waals surface area contributed by atoms with Crippen molar-refractivity contribution in [3.05, 3.63) is 23.3 Å². The van der Waals surface area contributed by atoms with E-state index in [4.69, 9.17) is 6.57 Å². The molecular weight excluding hydrogens is 130 g/mol. The molecule has 0 amide bonds. The lowest BCUT2D eigenvalue weighted by Gasteiger charge is -1.85. The van der Waals surface area contributed by atoms with Crippen molar-refractivity contribution in [2.45, 2.75) is 6.92 Å². The number of Topliss-reactive ketones (excluding diaryl/α,β-unsaturated/α-hetero) is 1. The van der Waals surface area contributed by atoms with Crippen molar-refractivity contribution in [2.75, 3.05) is 0 Å². The normalized spacial score (nSPS) is 8.80. The van der Waals surface area contributed by atoms with E-state index >= 15 is 0 Å². The lowest BCUT2D eigenvalue weighted by molar-refractivity contribution is 0.101. The van der Waals surface area contributed by atoms with E-state index in [9.17, 15) is 4.79 Å². The van der Waals surface area contributed by atoms with Gasteiger partial charge in [-0.15, -0.1) is 0 Å². The minimum atomic E-state index is -0.163. The fourth-order valence-electron chi connectivity index (χ4n) is 0.624. The highest BCUT2D eigenvalue weighted by Crippen LogP contribution is 2.14. The molecule has 0 bridgehead atoms. The molecule has 1 N–H and O–H groups in total. The molecule has 50 valence electrons. The van der Waals surface area contributed by atoms with Gasteiger partial charge >= 0.3 is 0 Å². The number of aromatic amines is 1. The maximum absolute atomic E-state index is 10.7. The number of nitrogens with zero attached hydrogens (tertiary/aromatic N) is 2. The maximum atomic E-state index is 10.7. The Morgan fingerprint density at radius 2 is 2.60 bits per heavy atom. The number of H-pyrrole nitrogens is 1. The molecule has 0 fully saturated rings. The Labute approximate surface area is 57.7 Å². The zero-order valence-corrected chi connectivity index (χ0v) is 5.38. The monoisotopic (exact) mass is 135 g/mol. The van der Waals surface area contributed by atoms with Crippen LogP contribution in [0.4, 0.5) is 5.69 Å². The molecule has 4 heteroatoms. The van der Waals surface area contributed by atoms with Crippen molar-refractivity contribution >= 4 is 11.5 Å². The fourth-order valence-corrected chi connectivity index (χ4v) is 0.624. The van der Waals surface area contributed by atoms with E-state index in [0.29, 0.717) is 0 Å². The number of nitrogens with one attached hydrogen (secondary N) is 1. The molecule has 1 heterocycles. The van der Waals surface area contributed by atoms with E-state index in [0.717, 1.165) is 0 Å². The maximum Gasteiger partial charge on any atom is 0.234 e. The van der Waals surface area contributed by atoms with Gasteiger partial charge in [-0.25, -0.2) is 4.85 Å². The van der Waals surface area contributed by atoms with Gasteiger partial charge in [0, 0.05) is 0 Å². The highest BCUT2D eigenvalue weighted by Gasteiger charge is 2.07. The standard InChI is InChI=1S/C6H5N3O/c1-4(10)6-5(7-2)3-8-9-6/h3H,1H3,(H,8,9). The summed E-state index contributed by atoms with van der Waals surface area (Å²) < 4.78 is 0. The molecule has 0 aromatic carbocycles. The molecule has 0 saturated carbocycles. The third-order valence-corrected chi connectivity index (χ3v) is 1.09. The van der Waals surface area contributed by atoms with Gasteiger partial charge in [0.25, 0.3) is 0 Å². The molecule has 10 heavy (non-hydrogen) atoms. The third kappa shape index (κ3) is 0.890. The minimum absolute atomic E-state index is 0.163. The average Bonchev–Trinajstić information content (AvgIpc) is 2.33. The van der Waals surface area contributed by atoms with Crippen molar-refractivity contribution in [2.24, 2.45) is 0 Å². The van der Waals surface area contributed by atoms with E-state index in [-0.39, 0.29) is 17.2 Å². The Morgan fingerprint density at radius 3 is 3.00 bits per heavy atom. The molecule has 1 rings (SSSR count). The van der Waals surface area contributed by atoms with E-state index in [1.165, 1.54) is 13.1 Å². The Hall–Kier alpha value is -1.63. The molecule has 0 atom stereocenters. The van der Waals surface area contributed by atoms with Crippen molar-refractivity contribution < 1.29 is 4.79 Å². The second kappa shape index (κ2) is 2.31. The number of carbonyl (C=O) groups is 1. The molecule has 0 aliphatic heterocycles. The predicted octanol–water partition coefficient (Wildman–Crippen LogP) is 1.16. The van der Waals surface area contributed by atoms with E-state index in [2.05, 4.69) is 15.0 Å². The first kappa shape index (κ1) is 6.49. The van der Waals surface area contributed by atoms with Gasteiger partial charge < -0.3 is 0 Å². The van der Waals surface area contributed by atoms with Crippen LogP contribution < -0.4 is 0 Å². The van der Waals surface area contributed by atoms with Crippen LogP contribution in [0.2, 0.25) is 0 Å². The highest BCUT2D eigenvalue weighted by atomic mass is 16.1. The average molecular weight is 135 g/mol. The molecule has 1 aromatic heterocycles. The summed E-state index contributed by atoms with van der Waals surface area (Å²) in [6, 6.07) is 0. The summed E-state index contributed by atoms with van der Waals surface area (Å²) in [5, 5.41) is 6.00. The summed E-state index contributed by atoms with van der Waals surface area (Å²) in [6.45, 7) is 8.00. The second-order valence-corrected chi connectivity index (χ2v) is 1.80. The molecule has 1 aromatic rings. The van der Waals surface area contributed by atoms with Crippen LogP contribution in [-0.4, -0.2) is 16.0 Å². The number of carbonyl (C=O) groups excluding carboxylic acids is 1. The quantitative estimate of drug-likeness (QED) is 0.464. The van der Waals surface area contributed by atoms with Crippen LogP contribution in [0.25, 0.3) is 4.85 Å². The van der Waals surface area contributed by atoms with Crippen molar-refractivity contribution in [3.63, 3.8) is 0 Å². The van der Waals surface area contributed by atoms with Gasteiger partial charge in [0.2, 0.25) is 5.69 Å². The highest BCUT2D eigenvalue weighted by molar-refractivity contribution is 5.97. The van der Waals surface area contributed by atoms with Gasteiger partial charge in [0.15, 0.2) is 5.78 Å². The zero-order valence-electron chi connectivity index (χ0n) is 5.38. The van der Waals surface area contributed by atoms with E-state index in [1.54, 1.807) is 0 Å². The molecule has 4 nitrogen and oxygen atoms in total. The summed E-state index contributed by atoms with van der Waals surface area (Å²) in [7, 11) is 0. The number of hydrogen-bond acceptors (Lipinski definition) is 2. The molecule has 0 radical (unpaired) electrons. The number of rotatable bonds is 1. The van der Waals surface area contributed by atoms with Crippen LogP contribution >= 0.6 is 0 Å². The summed E-state index contributed by atoms with van der Waals surface area (Å²) >= 11 is 0. The zero-order chi connectivity index (χ0) is 7.56. The van der Waals surface area contributed by atoms with Crippen molar-refractivity contribution in [3.8, 4) is 0 Å².